The fourth-order valence-corrected chi connectivity index (χ4v) is 4.90. The number of nitrogens with zero attached hydrogens (tertiary/aromatic N) is 4. The molecule has 1 aliphatic heterocycles. The molecule has 1 atom stereocenters. The average molecular weight is 457 g/mol. The van der Waals surface area contributed by atoms with Crippen LogP contribution in [0, 0.1) is 0 Å². The molecule has 0 fully saturated rings. The first-order valence-electron chi connectivity index (χ1n) is 11.4. The Bertz CT molecular complexity index is 1710. The molecular formula is C29H20N4O2. The second-order valence-corrected chi connectivity index (χ2v) is 8.55. The first-order valence-corrected chi connectivity index (χ1v) is 11.4. The molecule has 0 spiro atoms. The Morgan fingerprint density at radius 2 is 1.66 bits per heavy atom. The summed E-state index contributed by atoms with van der Waals surface area (Å²) in [5.74, 6) is 2.71. The molecule has 7 rings (SSSR count). The van der Waals surface area contributed by atoms with Crippen LogP contribution in [0.3, 0.4) is 0 Å². The van der Waals surface area contributed by atoms with E-state index >= 15 is 0 Å². The van der Waals surface area contributed by atoms with Crippen LogP contribution in [0.1, 0.15) is 22.6 Å². The fraction of sp³-hybridized carbons (Fsp3) is 0.0690. The van der Waals surface area contributed by atoms with Crippen molar-refractivity contribution in [1.82, 2.24) is 19.6 Å². The lowest BCUT2D eigenvalue weighted by Crippen LogP contribution is -2.15. The van der Waals surface area contributed by atoms with E-state index in [0.29, 0.717) is 11.7 Å². The molecule has 6 heteroatoms. The van der Waals surface area contributed by atoms with Gasteiger partial charge in [-0.05, 0) is 23.1 Å². The van der Waals surface area contributed by atoms with Gasteiger partial charge in [-0.1, -0.05) is 78.9 Å². The molecule has 0 saturated carbocycles. The number of ether oxygens (including phenoxy) is 2. The lowest BCUT2D eigenvalue weighted by atomic mass is 9.83. The summed E-state index contributed by atoms with van der Waals surface area (Å²) >= 11 is 0. The quantitative estimate of drug-likeness (QED) is 0.315. The molecule has 0 radical (unpaired) electrons. The third-order valence-electron chi connectivity index (χ3n) is 6.58. The minimum Gasteiger partial charge on any atom is -0.497 e. The van der Waals surface area contributed by atoms with E-state index in [4.69, 9.17) is 19.6 Å². The van der Waals surface area contributed by atoms with Crippen molar-refractivity contribution in [2.24, 2.45) is 0 Å². The molecule has 3 heterocycles. The number of methoxy groups -OCH3 is 1. The van der Waals surface area contributed by atoms with E-state index in [2.05, 4.69) is 41.4 Å². The lowest BCUT2D eigenvalue weighted by molar-refractivity contribution is 0.414. The van der Waals surface area contributed by atoms with Crippen LogP contribution >= 0.6 is 0 Å². The molecule has 0 unspecified atom stereocenters. The molecule has 0 bridgehead atoms. The number of fused-ring (bicyclic) bond motifs is 6. The molecule has 0 amide bonds. The third kappa shape index (κ3) is 3.07. The fourth-order valence-electron chi connectivity index (χ4n) is 4.90. The highest BCUT2D eigenvalue weighted by Crippen LogP contribution is 2.50. The highest BCUT2D eigenvalue weighted by atomic mass is 16.5. The molecule has 6 nitrogen and oxygen atoms in total. The normalized spacial score (nSPS) is 14.4. The monoisotopic (exact) mass is 456 g/mol. The zero-order valence-electron chi connectivity index (χ0n) is 18.9. The van der Waals surface area contributed by atoms with E-state index in [9.17, 15) is 0 Å². The highest BCUT2D eigenvalue weighted by Gasteiger charge is 2.34. The standard InChI is InChI=1S/C29H20N4O2/c1-34-21-14-11-19(12-15-21)24-23-16-13-18-7-5-6-10-22(18)26(23)35-29-25(24)28-31-27(32-33(28)17-30-29)20-8-3-2-4-9-20/h2-17,24H,1H3/t24-/m0/s1. The van der Waals surface area contributed by atoms with Crippen LogP contribution in [0.4, 0.5) is 0 Å². The first-order chi connectivity index (χ1) is 17.3. The Balaban J connectivity index is 1.51. The van der Waals surface area contributed by atoms with Crippen LogP contribution in [-0.2, 0) is 0 Å². The maximum Gasteiger partial charge on any atom is 0.228 e. The second-order valence-electron chi connectivity index (χ2n) is 8.55. The summed E-state index contributed by atoms with van der Waals surface area (Å²) in [6, 6.07) is 30.7. The van der Waals surface area contributed by atoms with Gasteiger partial charge < -0.3 is 9.47 Å². The molecule has 0 saturated heterocycles. The van der Waals surface area contributed by atoms with Crippen LogP contribution in [0.25, 0.3) is 27.8 Å². The Morgan fingerprint density at radius 1 is 0.857 bits per heavy atom. The number of hydrogen-bond acceptors (Lipinski definition) is 5. The van der Waals surface area contributed by atoms with Crippen molar-refractivity contribution in [3.05, 3.63) is 114 Å². The van der Waals surface area contributed by atoms with Gasteiger partial charge in [0.05, 0.1) is 12.7 Å². The lowest BCUT2D eigenvalue weighted by Gasteiger charge is -2.28. The van der Waals surface area contributed by atoms with Gasteiger partial charge in [0, 0.05) is 22.4 Å². The van der Waals surface area contributed by atoms with Gasteiger partial charge in [-0.3, -0.25) is 0 Å². The van der Waals surface area contributed by atoms with Gasteiger partial charge in [-0.15, -0.1) is 5.10 Å². The first kappa shape index (κ1) is 19.7. The number of hydrogen-bond donors (Lipinski definition) is 0. The summed E-state index contributed by atoms with van der Waals surface area (Å²) in [6.07, 6.45) is 1.68. The maximum atomic E-state index is 6.49. The summed E-state index contributed by atoms with van der Waals surface area (Å²) in [5.41, 5.74) is 4.75. The van der Waals surface area contributed by atoms with Crippen molar-refractivity contribution in [3.63, 3.8) is 0 Å². The van der Waals surface area contributed by atoms with E-state index < -0.39 is 0 Å². The molecule has 4 aromatic carbocycles. The van der Waals surface area contributed by atoms with Crippen LogP contribution in [-0.4, -0.2) is 26.7 Å². The van der Waals surface area contributed by atoms with E-state index in [1.807, 2.05) is 54.6 Å². The number of aromatic nitrogens is 4. The predicted molar refractivity (Wildman–Crippen MR) is 134 cm³/mol. The molecule has 1 aliphatic rings. The van der Waals surface area contributed by atoms with Gasteiger partial charge in [0.25, 0.3) is 0 Å². The Morgan fingerprint density at radius 3 is 2.49 bits per heavy atom. The van der Waals surface area contributed by atoms with Crippen LogP contribution in [0.15, 0.2) is 97.3 Å². The maximum absolute atomic E-state index is 6.49. The summed E-state index contributed by atoms with van der Waals surface area (Å²) in [6.45, 7) is 0. The number of benzene rings is 4. The Hall–Kier alpha value is -4.71. The molecule has 0 aliphatic carbocycles. The van der Waals surface area contributed by atoms with Crippen LogP contribution < -0.4 is 9.47 Å². The zero-order chi connectivity index (χ0) is 23.4. The third-order valence-corrected chi connectivity index (χ3v) is 6.58. The van der Waals surface area contributed by atoms with E-state index in [1.165, 1.54) is 0 Å². The summed E-state index contributed by atoms with van der Waals surface area (Å²) in [5, 5.41) is 6.90. The van der Waals surface area contributed by atoms with Crippen molar-refractivity contribution in [1.29, 1.82) is 0 Å². The minimum atomic E-state index is -0.131. The predicted octanol–water partition coefficient (Wildman–Crippen LogP) is 6.24. The van der Waals surface area contributed by atoms with Gasteiger partial charge in [-0.2, -0.15) is 0 Å². The van der Waals surface area contributed by atoms with Gasteiger partial charge in [0.1, 0.15) is 17.8 Å². The zero-order valence-corrected chi connectivity index (χ0v) is 18.9. The van der Waals surface area contributed by atoms with Crippen molar-refractivity contribution in [3.8, 4) is 28.8 Å². The largest absolute Gasteiger partial charge is 0.497 e. The van der Waals surface area contributed by atoms with Crippen molar-refractivity contribution < 1.29 is 9.47 Å². The van der Waals surface area contributed by atoms with Crippen LogP contribution in [0.5, 0.6) is 17.4 Å². The summed E-state index contributed by atoms with van der Waals surface area (Å²) < 4.78 is 13.6. The van der Waals surface area contributed by atoms with Gasteiger partial charge in [0.2, 0.25) is 5.88 Å². The SMILES string of the molecule is COc1ccc([C@H]2c3ccc4ccccc4c3Oc3ncn4nc(-c5ccccc5)nc4c32)cc1. The summed E-state index contributed by atoms with van der Waals surface area (Å²) in [4.78, 5) is 9.63. The Kier molecular flexibility index (Phi) is 4.32. The Labute approximate surface area is 201 Å². The van der Waals surface area contributed by atoms with E-state index in [0.717, 1.165) is 50.2 Å². The van der Waals surface area contributed by atoms with E-state index in [-0.39, 0.29) is 5.92 Å². The number of rotatable bonds is 3. The van der Waals surface area contributed by atoms with Crippen molar-refractivity contribution in [2.75, 3.05) is 7.11 Å². The van der Waals surface area contributed by atoms with E-state index in [1.54, 1.807) is 18.0 Å². The average Bonchev–Trinajstić information content (AvgIpc) is 3.37. The molecule has 6 aromatic rings. The molecule has 0 N–H and O–H groups in total. The van der Waals surface area contributed by atoms with Gasteiger partial charge in [0.15, 0.2) is 11.5 Å². The topological polar surface area (TPSA) is 61.5 Å². The van der Waals surface area contributed by atoms with Crippen LogP contribution in [0.2, 0.25) is 0 Å². The summed E-state index contributed by atoms with van der Waals surface area (Å²) in [7, 11) is 1.68. The molecule has 168 valence electrons. The van der Waals surface area contributed by atoms with Crippen molar-refractivity contribution in [2.45, 2.75) is 5.92 Å². The van der Waals surface area contributed by atoms with Crippen molar-refractivity contribution >= 4 is 16.4 Å². The molecule has 2 aromatic heterocycles. The molecular weight excluding hydrogens is 436 g/mol. The second kappa shape index (κ2) is 7.67. The van der Waals surface area contributed by atoms with Gasteiger partial charge >= 0.3 is 0 Å². The minimum absolute atomic E-state index is 0.131. The smallest absolute Gasteiger partial charge is 0.228 e. The highest BCUT2D eigenvalue weighted by molar-refractivity contribution is 5.91. The van der Waals surface area contributed by atoms with Gasteiger partial charge in [-0.25, -0.2) is 14.5 Å². The molecule has 35 heavy (non-hydrogen) atoms.